The van der Waals surface area contributed by atoms with Gasteiger partial charge in [0.05, 0.1) is 11.2 Å². The van der Waals surface area contributed by atoms with E-state index in [1.54, 1.807) is 0 Å². The van der Waals surface area contributed by atoms with Crippen molar-refractivity contribution >= 4 is 5.52 Å². The molecule has 3 rings (SSSR count). The number of hydrogen-bond donors (Lipinski definition) is 0. The standard InChI is InChI=1S/C13H10N2/c1-2-5-11(6-3-1)13-12-7-4-9-15(12)10-8-14-13/h1-10H. The number of rotatable bonds is 1. The van der Waals surface area contributed by atoms with Crippen LogP contribution in [0.5, 0.6) is 0 Å². The van der Waals surface area contributed by atoms with Crippen LogP contribution in [-0.4, -0.2) is 9.38 Å². The second-order valence-electron chi connectivity index (χ2n) is 3.44. The molecule has 0 unspecified atom stereocenters. The van der Waals surface area contributed by atoms with E-state index in [1.165, 1.54) is 0 Å². The molecule has 0 fully saturated rings. The molecule has 1 aromatic carbocycles. The molecule has 0 saturated carbocycles. The molecule has 2 nitrogen and oxygen atoms in total. The lowest BCUT2D eigenvalue weighted by molar-refractivity contribution is 1.14. The summed E-state index contributed by atoms with van der Waals surface area (Å²) in [5, 5.41) is 0. The summed E-state index contributed by atoms with van der Waals surface area (Å²) in [6.45, 7) is 0. The van der Waals surface area contributed by atoms with Crippen molar-refractivity contribution in [2.75, 3.05) is 0 Å². The van der Waals surface area contributed by atoms with E-state index in [0.29, 0.717) is 0 Å². The lowest BCUT2D eigenvalue weighted by atomic mass is 10.1. The molecule has 15 heavy (non-hydrogen) atoms. The Balaban J connectivity index is 2.31. The van der Waals surface area contributed by atoms with Gasteiger partial charge in [0.1, 0.15) is 0 Å². The van der Waals surface area contributed by atoms with Gasteiger partial charge in [0.2, 0.25) is 0 Å². The van der Waals surface area contributed by atoms with Gasteiger partial charge in [-0.3, -0.25) is 4.98 Å². The van der Waals surface area contributed by atoms with E-state index in [4.69, 9.17) is 0 Å². The summed E-state index contributed by atoms with van der Waals surface area (Å²) in [6, 6.07) is 14.3. The predicted octanol–water partition coefficient (Wildman–Crippen LogP) is 3.00. The molecule has 3 aromatic rings. The lowest BCUT2D eigenvalue weighted by Crippen LogP contribution is -1.89. The highest BCUT2D eigenvalue weighted by Gasteiger charge is 2.03. The Morgan fingerprint density at radius 3 is 2.60 bits per heavy atom. The molecule has 0 spiro atoms. The highest BCUT2D eigenvalue weighted by molar-refractivity contribution is 5.76. The maximum Gasteiger partial charge on any atom is 0.0942 e. The van der Waals surface area contributed by atoms with Crippen LogP contribution in [0, 0.1) is 0 Å². The van der Waals surface area contributed by atoms with Gasteiger partial charge < -0.3 is 4.40 Å². The van der Waals surface area contributed by atoms with Gasteiger partial charge >= 0.3 is 0 Å². The normalized spacial score (nSPS) is 10.7. The van der Waals surface area contributed by atoms with Crippen molar-refractivity contribution < 1.29 is 0 Å². The van der Waals surface area contributed by atoms with E-state index in [1.807, 2.05) is 42.9 Å². The van der Waals surface area contributed by atoms with Gasteiger partial charge in [0, 0.05) is 24.2 Å². The van der Waals surface area contributed by atoms with Crippen molar-refractivity contribution in [2.45, 2.75) is 0 Å². The van der Waals surface area contributed by atoms with Crippen LogP contribution in [0.2, 0.25) is 0 Å². The average Bonchev–Trinajstić information content (AvgIpc) is 2.78. The molecule has 0 saturated heterocycles. The van der Waals surface area contributed by atoms with Crippen LogP contribution in [0.1, 0.15) is 0 Å². The minimum absolute atomic E-state index is 1.03. The van der Waals surface area contributed by atoms with Gasteiger partial charge in [-0.05, 0) is 12.1 Å². The van der Waals surface area contributed by atoms with E-state index in [2.05, 4.69) is 27.6 Å². The first-order chi connectivity index (χ1) is 7.45. The molecule has 72 valence electrons. The Morgan fingerprint density at radius 2 is 1.73 bits per heavy atom. The van der Waals surface area contributed by atoms with Crippen molar-refractivity contribution in [1.29, 1.82) is 0 Å². The third-order valence-electron chi connectivity index (χ3n) is 2.50. The number of aromatic nitrogens is 2. The van der Waals surface area contributed by atoms with Gasteiger partial charge in [-0.25, -0.2) is 0 Å². The fourth-order valence-electron chi connectivity index (χ4n) is 1.79. The maximum atomic E-state index is 4.43. The zero-order valence-electron chi connectivity index (χ0n) is 8.17. The van der Waals surface area contributed by atoms with Crippen molar-refractivity contribution in [3.05, 3.63) is 61.1 Å². The zero-order valence-corrected chi connectivity index (χ0v) is 8.17. The van der Waals surface area contributed by atoms with Crippen LogP contribution in [0.4, 0.5) is 0 Å². The van der Waals surface area contributed by atoms with Crippen LogP contribution >= 0.6 is 0 Å². The van der Waals surface area contributed by atoms with Gasteiger partial charge in [-0.2, -0.15) is 0 Å². The molecule has 0 atom stereocenters. The van der Waals surface area contributed by atoms with Crippen LogP contribution in [-0.2, 0) is 0 Å². The second kappa shape index (κ2) is 3.24. The van der Waals surface area contributed by atoms with Crippen molar-refractivity contribution in [1.82, 2.24) is 9.38 Å². The van der Waals surface area contributed by atoms with E-state index in [9.17, 15) is 0 Å². The summed E-state index contributed by atoms with van der Waals surface area (Å²) < 4.78 is 2.08. The summed E-state index contributed by atoms with van der Waals surface area (Å²) in [5.74, 6) is 0. The summed E-state index contributed by atoms with van der Waals surface area (Å²) in [5.41, 5.74) is 3.33. The molecule has 0 aliphatic heterocycles. The first kappa shape index (κ1) is 8.24. The first-order valence-corrected chi connectivity index (χ1v) is 4.92. The summed E-state index contributed by atoms with van der Waals surface area (Å²) in [4.78, 5) is 4.43. The van der Waals surface area contributed by atoms with Gasteiger partial charge in [-0.15, -0.1) is 0 Å². The van der Waals surface area contributed by atoms with Crippen LogP contribution in [0.15, 0.2) is 61.1 Å². The largest absolute Gasteiger partial charge is 0.320 e. The molecule has 0 N–H and O–H groups in total. The minimum Gasteiger partial charge on any atom is -0.320 e. The van der Waals surface area contributed by atoms with Crippen LogP contribution in [0.25, 0.3) is 16.8 Å². The molecule has 0 amide bonds. The fourth-order valence-corrected chi connectivity index (χ4v) is 1.79. The number of nitrogens with zero attached hydrogens (tertiary/aromatic N) is 2. The van der Waals surface area contributed by atoms with Crippen LogP contribution < -0.4 is 0 Å². The molecule has 0 aliphatic carbocycles. The summed E-state index contributed by atoms with van der Waals surface area (Å²) >= 11 is 0. The molecular weight excluding hydrogens is 184 g/mol. The Kier molecular flexibility index (Phi) is 1.78. The quantitative estimate of drug-likeness (QED) is 0.582. The molecule has 2 aromatic heterocycles. The molecule has 0 bridgehead atoms. The summed E-state index contributed by atoms with van der Waals surface area (Å²) in [6.07, 6.45) is 5.82. The van der Waals surface area contributed by atoms with Crippen LogP contribution in [0.3, 0.4) is 0 Å². The zero-order chi connectivity index (χ0) is 10.1. The molecular formula is C13H10N2. The van der Waals surface area contributed by atoms with Gasteiger partial charge in [0.15, 0.2) is 0 Å². The number of benzene rings is 1. The minimum atomic E-state index is 1.03. The van der Waals surface area contributed by atoms with Crippen molar-refractivity contribution in [3.8, 4) is 11.3 Å². The fraction of sp³-hybridized carbons (Fsp3) is 0. The van der Waals surface area contributed by atoms with E-state index < -0.39 is 0 Å². The monoisotopic (exact) mass is 194 g/mol. The smallest absolute Gasteiger partial charge is 0.0942 e. The van der Waals surface area contributed by atoms with Crippen molar-refractivity contribution in [2.24, 2.45) is 0 Å². The first-order valence-electron chi connectivity index (χ1n) is 4.92. The molecule has 0 aliphatic rings. The Labute approximate surface area is 87.8 Å². The van der Waals surface area contributed by atoms with Crippen molar-refractivity contribution in [3.63, 3.8) is 0 Å². The van der Waals surface area contributed by atoms with Gasteiger partial charge in [0.25, 0.3) is 0 Å². The highest BCUT2D eigenvalue weighted by Crippen LogP contribution is 2.21. The number of fused-ring (bicyclic) bond motifs is 1. The third-order valence-corrected chi connectivity index (χ3v) is 2.50. The molecule has 2 heterocycles. The topological polar surface area (TPSA) is 17.3 Å². The second-order valence-corrected chi connectivity index (χ2v) is 3.44. The molecule has 2 heteroatoms. The Hall–Kier alpha value is -2.09. The SMILES string of the molecule is c1ccc(-c2nccn3cccc23)cc1. The average molecular weight is 194 g/mol. The molecule has 0 radical (unpaired) electrons. The Bertz CT molecular complexity index is 582. The summed E-state index contributed by atoms with van der Waals surface area (Å²) in [7, 11) is 0. The predicted molar refractivity (Wildman–Crippen MR) is 60.6 cm³/mol. The Morgan fingerprint density at radius 1 is 0.867 bits per heavy atom. The maximum absolute atomic E-state index is 4.43. The highest BCUT2D eigenvalue weighted by atomic mass is 14.9. The lowest BCUT2D eigenvalue weighted by Gasteiger charge is -2.03. The third kappa shape index (κ3) is 1.31. The van der Waals surface area contributed by atoms with Gasteiger partial charge in [-0.1, -0.05) is 30.3 Å². The van der Waals surface area contributed by atoms with E-state index in [0.717, 1.165) is 16.8 Å². The van der Waals surface area contributed by atoms with E-state index >= 15 is 0 Å². The van der Waals surface area contributed by atoms with E-state index in [-0.39, 0.29) is 0 Å². The number of hydrogen-bond acceptors (Lipinski definition) is 1.